The van der Waals surface area contributed by atoms with Gasteiger partial charge in [0.2, 0.25) is 10.0 Å². The fourth-order valence-corrected chi connectivity index (χ4v) is 3.72. The Labute approximate surface area is 159 Å². The van der Waals surface area contributed by atoms with Crippen LogP contribution >= 0.6 is 0 Å². The van der Waals surface area contributed by atoms with E-state index in [-0.39, 0.29) is 6.04 Å². The van der Waals surface area contributed by atoms with Crippen LogP contribution in [0.4, 0.5) is 5.69 Å². The maximum atomic E-state index is 11.6. The van der Waals surface area contributed by atoms with E-state index in [0.29, 0.717) is 17.9 Å². The zero-order chi connectivity index (χ0) is 19.6. The third-order valence-corrected chi connectivity index (χ3v) is 4.95. The molecule has 3 aromatic rings. The Morgan fingerprint density at radius 1 is 1.22 bits per heavy atom. The van der Waals surface area contributed by atoms with Crippen molar-refractivity contribution in [3.63, 3.8) is 0 Å². The quantitative estimate of drug-likeness (QED) is 0.702. The Kier molecular flexibility index (Phi) is 5.22. The lowest BCUT2D eigenvalue weighted by Crippen LogP contribution is -2.11. The first-order valence-electron chi connectivity index (χ1n) is 8.44. The van der Waals surface area contributed by atoms with Gasteiger partial charge in [-0.05, 0) is 36.8 Å². The van der Waals surface area contributed by atoms with Crippen molar-refractivity contribution in [2.75, 3.05) is 24.7 Å². The predicted octanol–water partition coefficient (Wildman–Crippen LogP) is 3.76. The monoisotopic (exact) mass is 383 g/mol. The van der Waals surface area contributed by atoms with E-state index in [1.54, 1.807) is 25.3 Å². The van der Waals surface area contributed by atoms with Gasteiger partial charge in [0, 0.05) is 24.3 Å². The average molecular weight is 383 g/mol. The molecule has 0 aliphatic carbocycles. The second kappa shape index (κ2) is 7.43. The summed E-state index contributed by atoms with van der Waals surface area (Å²) in [4.78, 5) is 0. The molecular weight excluding hydrogens is 362 g/mol. The number of benzene rings is 2. The zero-order valence-corrected chi connectivity index (χ0v) is 16.2. The molecule has 140 valence electrons. The van der Waals surface area contributed by atoms with Gasteiger partial charge < -0.3 is 9.30 Å². The SMILES string of the molecule is COC[C@@H](C)n1cc(-c2ccc(C#N)cc2)c2ccc(NS(C)(=O)=O)cc21. The zero-order valence-electron chi connectivity index (χ0n) is 15.4. The van der Waals surface area contributed by atoms with Gasteiger partial charge in [0.15, 0.2) is 0 Å². The van der Waals surface area contributed by atoms with Crippen LogP contribution in [0.3, 0.4) is 0 Å². The largest absolute Gasteiger partial charge is 0.383 e. The molecule has 7 heteroatoms. The molecular formula is C20H21N3O3S. The summed E-state index contributed by atoms with van der Waals surface area (Å²) < 4.78 is 33.1. The van der Waals surface area contributed by atoms with Crippen LogP contribution in [0.15, 0.2) is 48.7 Å². The fourth-order valence-electron chi connectivity index (χ4n) is 3.17. The van der Waals surface area contributed by atoms with E-state index in [0.717, 1.165) is 28.3 Å². The number of nitriles is 1. The minimum Gasteiger partial charge on any atom is -0.383 e. The number of methoxy groups -OCH3 is 1. The van der Waals surface area contributed by atoms with Gasteiger partial charge in [0.25, 0.3) is 0 Å². The maximum absolute atomic E-state index is 11.6. The van der Waals surface area contributed by atoms with Gasteiger partial charge in [0.05, 0.1) is 41.7 Å². The van der Waals surface area contributed by atoms with Gasteiger partial charge in [-0.1, -0.05) is 18.2 Å². The number of hydrogen-bond donors (Lipinski definition) is 1. The van der Waals surface area contributed by atoms with Crippen LogP contribution in [0.2, 0.25) is 0 Å². The van der Waals surface area contributed by atoms with Crippen LogP contribution in [0.5, 0.6) is 0 Å². The van der Waals surface area contributed by atoms with Crippen LogP contribution in [-0.4, -0.2) is 33.0 Å². The molecule has 2 aromatic carbocycles. The molecule has 0 aliphatic heterocycles. The van der Waals surface area contributed by atoms with Crippen molar-refractivity contribution < 1.29 is 13.2 Å². The summed E-state index contributed by atoms with van der Waals surface area (Å²) in [5.74, 6) is 0. The first-order chi connectivity index (χ1) is 12.8. The third kappa shape index (κ3) is 4.13. The van der Waals surface area contributed by atoms with E-state index >= 15 is 0 Å². The number of hydrogen-bond acceptors (Lipinski definition) is 4. The van der Waals surface area contributed by atoms with Gasteiger partial charge in [-0.25, -0.2) is 8.42 Å². The summed E-state index contributed by atoms with van der Waals surface area (Å²) in [6.07, 6.45) is 3.17. The second-order valence-electron chi connectivity index (χ2n) is 6.55. The number of ether oxygens (including phenoxy) is 1. The molecule has 0 saturated heterocycles. The molecule has 1 heterocycles. The molecule has 0 saturated carbocycles. The molecule has 1 atom stereocenters. The summed E-state index contributed by atoms with van der Waals surface area (Å²) in [6, 6.07) is 15.1. The molecule has 0 aliphatic rings. The number of fused-ring (bicyclic) bond motifs is 1. The van der Waals surface area contributed by atoms with Crippen LogP contribution in [0.1, 0.15) is 18.5 Å². The number of sulfonamides is 1. The highest BCUT2D eigenvalue weighted by molar-refractivity contribution is 7.92. The smallest absolute Gasteiger partial charge is 0.229 e. The molecule has 1 aromatic heterocycles. The van der Waals surface area contributed by atoms with E-state index in [1.165, 1.54) is 0 Å². The number of aromatic nitrogens is 1. The van der Waals surface area contributed by atoms with Gasteiger partial charge >= 0.3 is 0 Å². The molecule has 6 nitrogen and oxygen atoms in total. The van der Waals surface area contributed by atoms with Crippen molar-refractivity contribution in [1.82, 2.24) is 4.57 Å². The van der Waals surface area contributed by atoms with Crippen LogP contribution < -0.4 is 4.72 Å². The highest BCUT2D eigenvalue weighted by Gasteiger charge is 2.15. The Morgan fingerprint density at radius 2 is 1.93 bits per heavy atom. The van der Waals surface area contributed by atoms with Crippen molar-refractivity contribution in [2.45, 2.75) is 13.0 Å². The van der Waals surface area contributed by atoms with Gasteiger partial charge in [0.1, 0.15) is 0 Å². The van der Waals surface area contributed by atoms with Crippen molar-refractivity contribution in [3.8, 4) is 17.2 Å². The first kappa shape index (κ1) is 19.0. The molecule has 0 radical (unpaired) electrons. The highest BCUT2D eigenvalue weighted by atomic mass is 32.2. The minimum atomic E-state index is -3.36. The van der Waals surface area contributed by atoms with Gasteiger partial charge in [-0.2, -0.15) is 5.26 Å². The Morgan fingerprint density at radius 3 is 2.52 bits per heavy atom. The van der Waals surface area contributed by atoms with Crippen molar-refractivity contribution >= 4 is 26.6 Å². The van der Waals surface area contributed by atoms with E-state index in [9.17, 15) is 8.42 Å². The van der Waals surface area contributed by atoms with Crippen LogP contribution in [0.25, 0.3) is 22.0 Å². The van der Waals surface area contributed by atoms with Gasteiger partial charge in [-0.3, -0.25) is 4.72 Å². The number of rotatable bonds is 6. The van der Waals surface area contributed by atoms with Gasteiger partial charge in [-0.15, -0.1) is 0 Å². The summed E-state index contributed by atoms with van der Waals surface area (Å²) in [6.45, 7) is 2.57. The summed E-state index contributed by atoms with van der Waals surface area (Å²) in [5, 5.41) is 10.0. The molecule has 3 rings (SSSR count). The van der Waals surface area contributed by atoms with E-state index in [4.69, 9.17) is 10.00 Å². The molecule has 27 heavy (non-hydrogen) atoms. The Bertz CT molecular complexity index is 1110. The maximum Gasteiger partial charge on any atom is 0.229 e. The number of nitrogens with zero attached hydrogens (tertiary/aromatic N) is 2. The third-order valence-electron chi connectivity index (χ3n) is 4.35. The summed E-state index contributed by atoms with van der Waals surface area (Å²) in [5.41, 5.74) is 4.04. The fraction of sp³-hybridized carbons (Fsp3) is 0.250. The number of anilines is 1. The van der Waals surface area contributed by atoms with Crippen molar-refractivity contribution in [2.24, 2.45) is 0 Å². The van der Waals surface area contributed by atoms with E-state index in [1.807, 2.05) is 37.4 Å². The van der Waals surface area contributed by atoms with Crippen molar-refractivity contribution in [3.05, 3.63) is 54.2 Å². The lowest BCUT2D eigenvalue weighted by molar-refractivity contribution is 0.164. The molecule has 0 bridgehead atoms. The van der Waals surface area contributed by atoms with E-state index in [2.05, 4.69) is 15.4 Å². The lowest BCUT2D eigenvalue weighted by Gasteiger charge is -2.14. The second-order valence-corrected chi connectivity index (χ2v) is 8.30. The van der Waals surface area contributed by atoms with E-state index < -0.39 is 10.0 Å². The molecule has 0 spiro atoms. The summed E-state index contributed by atoms with van der Waals surface area (Å²) in [7, 11) is -1.70. The normalized spacial score (nSPS) is 12.7. The topological polar surface area (TPSA) is 84.1 Å². The first-order valence-corrected chi connectivity index (χ1v) is 10.3. The highest BCUT2D eigenvalue weighted by Crippen LogP contribution is 2.34. The molecule has 0 unspecified atom stereocenters. The van der Waals surface area contributed by atoms with Crippen LogP contribution in [0, 0.1) is 11.3 Å². The van der Waals surface area contributed by atoms with Crippen LogP contribution in [-0.2, 0) is 14.8 Å². The Hall–Kier alpha value is -2.82. The predicted molar refractivity (Wildman–Crippen MR) is 107 cm³/mol. The average Bonchev–Trinajstić information content (AvgIpc) is 2.99. The molecule has 1 N–H and O–H groups in total. The number of nitrogens with one attached hydrogen (secondary N) is 1. The minimum absolute atomic E-state index is 0.0677. The summed E-state index contributed by atoms with van der Waals surface area (Å²) >= 11 is 0. The molecule has 0 amide bonds. The lowest BCUT2D eigenvalue weighted by atomic mass is 10.0. The standard InChI is InChI=1S/C20H21N3O3S/c1-14(13-26-2)23-12-19(16-6-4-15(11-21)5-7-16)18-9-8-17(10-20(18)23)22-27(3,24)25/h4-10,12,14,22H,13H2,1-3H3/t14-/m1/s1. The molecule has 0 fully saturated rings. The Balaban J connectivity index is 2.17. The van der Waals surface area contributed by atoms with Crippen molar-refractivity contribution in [1.29, 1.82) is 5.26 Å².